The molecule has 5 heteroatoms. The van der Waals surface area contributed by atoms with Crippen LogP contribution in [0.15, 0.2) is 0 Å². The summed E-state index contributed by atoms with van der Waals surface area (Å²) in [7, 11) is 0. The minimum Gasteiger partial charge on any atom is -0.480 e. The Bertz CT molecular complexity index is 183. The van der Waals surface area contributed by atoms with Gasteiger partial charge in [-0.1, -0.05) is 6.92 Å². The van der Waals surface area contributed by atoms with Crippen molar-refractivity contribution in [1.82, 2.24) is 5.32 Å². The fraction of sp³-hybridized carbons (Fsp3) is 0.714. The van der Waals surface area contributed by atoms with Gasteiger partial charge in [0.25, 0.3) is 0 Å². The quantitative estimate of drug-likeness (QED) is 0.554. The summed E-state index contributed by atoms with van der Waals surface area (Å²) in [5, 5.41) is 10.8. The number of carboxylic acids is 1. The lowest BCUT2D eigenvalue weighted by molar-refractivity contribution is -0.141. The largest absolute Gasteiger partial charge is 0.480 e. The maximum Gasteiger partial charge on any atom is 0.325 e. The number of rotatable bonds is 4. The van der Waals surface area contributed by atoms with Gasteiger partial charge >= 0.3 is 5.97 Å². The number of carboxylic acid groups (broad SMARTS) is 1. The molecule has 4 nitrogen and oxygen atoms in total. The topological polar surface area (TPSA) is 66.4 Å². The molecular formula is C7H13NO3S. The van der Waals surface area contributed by atoms with Crippen molar-refractivity contribution in [2.45, 2.75) is 19.9 Å². The van der Waals surface area contributed by atoms with Gasteiger partial charge in [-0.2, -0.15) is 12.6 Å². The van der Waals surface area contributed by atoms with Gasteiger partial charge in [-0.05, 0) is 6.92 Å². The third-order valence-corrected chi connectivity index (χ3v) is 2.00. The van der Waals surface area contributed by atoms with E-state index in [1.165, 1.54) is 6.92 Å². The Balaban J connectivity index is 3.92. The molecule has 0 aliphatic rings. The molecule has 2 unspecified atom stereocenters. The van der Waals surface area contributed by atoms with Gasteiger partial charge in [-0.3, -0.25) is 9.59 Å². The Morgan fingerprint density at radius 2 is 2.00 bits per heavy atom. The van der Waals surface area contributed by atoms with E-state index in [2.05, 4.69) is 17.9 Å². The second-order valence-electron chi connectivity index (χ2n) is 2.65. The van der Waals surface area contributed by atoms with Gasteiger partial charge in [0, 0.05) is 11.7 Å². The van der Waals surface area contributed by atoms with E-state index in [1.807, 2.05) is 0 Å². The average molecular weight is 191 g/mol. The summed E-state index contributed by atoms with van der Waals surface area (Å²) in [5.74, 6) is -1.15. The highest BCUT2D eigenvalue weighted by Gasteiger charge is 2.17. The Kier molecular flexibility index (Phi) is 4.73. The summed E-state index contributed by atoms with van der Waals surface area (Å²) >= 11 is 3.92. The number of aliphatic carboxylic acids is 1. The van der Waals surface area contributed by atoms with Crippen LogP contribution >= 0.6 is 12.6 Å². The van der Waals surface area contributed by atoms with Crippen LogP contribution < -0.4 is 5.32 Å². The maximum atomic E-state index is 11.1. The zero-order valence-corrected chi connectivity index (χ0v) is 7.97. The SMILES string of the molecule is CC(CS)C(=O)NC(C)C(=O)O. The van der Waals surface area contributed by atoms with Crippen LogP contribution in [0.3, 0.4) is 0 Å². The van der Waals surface area contributed by atoms with Crippen molar-refractivity contribution in [1.29, 1.82) is 0 Å². The molecule has 12 heavy (non-hydrogen) atoms. The van der Waals surface area contributed by atoms with E-state index in [1.54, 1.807) is 6.92 Å². The number of hydrogen-bond acceptors (Lipinski definition) is 3. The normalized spacial score (nSPS) is 14.9. The third-order valence-electron chi connectivity index (χ3n) is 1.45. The Morgan fingerprint density at radius 1 is 1.50 bits per heavy atom. The van der Waals surface area contributed by atoms with Crippen molar-refractivity contribution in [3.05, 3.63) is 0 Å². The highest BCUT2D eigenvalue weighted by molar-refractivity contribution is 7.80. The van der Waals surface area contributed by atoms with E-state index < -0.39 is 12.0 Å². The molecule has 0 radical (unpaired) electrons. The Morgan fingerprint density at radius 3 is 2.33 bits per heavy atom. The maximum absolute atomic E-state index is 11.1. The van der Waals surface area contributed by atoms with Crippen LogP contribution in [0.4, 0.5) is 0 Å². The molecule has 0 aromatic rings. The molecule has 0 aliphatic heterocycles. The molecule has 0 spiro atoms. The average Bonchev–Trinajstić information content (AvgIpc) is 2.02. The van der Waals surface area contributed by atoms with Gasteiger partial charge in [-0.15, -0.1) is 0 Å². The lowest BCUT2D eigenvalue weighted by Crippen LogP contribution is -2.41. The second-order valence-corrected chi connectivity index (χ2v) is 3.02. The summed E-state index contributed by atoms with van der Waals surface area (Å²) in [6.07, 6.45) is 0. The molecule has 0 saturated heterocycles. The Labute approximate surface area is 76.8 Å². The number of carbonyl (C=O) groups is 2. The van der Waals surface area contributed by atoms with E-state index >= 15 is 0 Å². The molecule has 70 valence electrons. The Hall–Kier alpha value is -0.710. The van der Waals surface area contributed by atoms with Gasteiger partial charge in [0.15, 0.2) is 0 Å². The summed E-state index contributed by atoms with van der Waals surface area (Å²) in [4.78, 5) is 21.4. The van der Waals surface area contributed by atoms with E-state index in [0.29, 0.717) is 5.75 Å². The van der Waals surface area contributed by atoms with Crippen LogP contribution in [0.1, 0.15) is 13.8 Å². The zero-order valence-electron chi connectivity index (χ0n) is 7.07. The molecule has 0 aromatic heterocycles. The fourth-order valence-electron chi connectivity index (χ4n) is 0.500. The summed E-state index contributed by atoms with van der Waals surface area (Å²) in [5.41, 5.74) is 0. The van der Waals surface area contributed by atoms with Crippen molar-refractivity contribution in [3.8, 4) is 0 Å². The predicted molar refractivity (Wildman–Crippen MR) is 48.3 cm³/mol. The molecular weight excluding hydrogens is 178 g/mol. The first kappa shape index (κ1) is 11.3. The van der Waals surface area contributed by atoms with E-state index in [0.717, 1.165) is 0 Å². The molecule has 0 aliphatic carbocycles. The molecule has 2 atom stereocenters. The number of hydrogen-bond donors (Lipinski definition) is 3. The van der Waals surface area contributed by atoms with Gasteiger partial charge in [0.05, 0.1) is 0 Å². The summed E-state index contributed by atoms with van der Waals surface area (Å²) < 4.78 is 0. The van der Waals surface area contributed by atoms with Crippen molar-refractivity contribution >= 4 is 24.5 Å². The standard InChI is InChI=1S/C7H13NO3S/c1-4(3-12)6(9)8-5(2)7(10)11/h4-5,12H,3H2,1-2H3,(H,8,9)(H,10,11). The van der Waals surface area contributed by atoms with Gasteiger partial charge in [-0.25, -0.2) is 0 Å². The molecule has 2 N–H and O–H groups in total. The molecule has 0 aromatic carbocycles. The smallest absolute Gasteiger partial charge is 0.325 e. The first-order valence-corrected chi connectivity index (χ1v) is 4.26. The molecule has 0 fully saturated rings. The molecule has 0 saturated carbocycles. The minimum absolute atomic E-state index is 0.255. The lowest BCUT2D eigenvalue weighted by atomic mass is 10.2. The van der Waals surface area contributed by atoms with Crippen LogP contribution in [0, 0.1) is 5.92 Å². The van der Waals surface area contributed by atoms with E-state index in [-0.39, 0.29) is 11.8 Å². The van der Waals surface area contributed by atoms with Gasteiger partial charge in [0.2, 0.25) is 5.91 Å². The highest BCUT2D eigenvalue weighted by atomic mass is 32.1. The van der Waals surface area contributed by atoms with Crippen LogP contribution in [-0.2, 0) is 9.59 Å². The van der Waals surface area contributed by atoms with Crippen molar-refractivity contribution in [2.24, 2.45) is 5.92 Å². The van der Waals surface area contributed by atoms with Crippen molar-refractivity contribution in [2.75, 3.05) is 5.75 Å². The van der Waals surface area contributed by atoms with Crippen molar-refractivity contribution in [3.63, 3.8) is 0 Å². The molecule has 1 amide bonds. The third kappa shape index (κ3) is 3.61. The molecule has 0 rings (SSSR count). The van der Waals surface area contributed by atoms with Crippen molar-refractivity contribution < 1.29 is 14.7 Å². The van der Waals surface area contributed by atoms with Crippen LogP contribution in [-0.4, -0.2) is 28.8 Å². The van der Waals surface area contributed by atoms with E-state index in [4.69, 9.17) is 5.11 Å². The fourth-order valence-corrected chi connectivity index (χ4v) is 0.666. The number of thiol groups is 1. The van der Waals surface area contributed by atoms with Gasteiger partial charge < -0.3 is 10.4 Å². The predicted octanol–water partition coefficient (Wildman–Crippen LogP) is 0.142. The first-order valence-electron chi connectivity index (χ1n) is 3.63. The first-order chi connectivity index (χ1) is 5.49. The van der Waals surface area contributed by atoms with Gasteiger partial charge in [0.1, 0.15) is 6.04 Å². The number of carbonyl (C=O) groups excluding carboxylic acids is 1. The van der Waals surface area contributed by atoms with E-state index in [9.17, 15) is 9.59 Å². The minimum atomic E-state index is -1.03. The second kappa shape index (κ2) is 5.03. The number of nitrogens with one attached hydrogen (secondary N) is 1. The van der Waals surface area contributed by atoms with Crippen LogP contribution in [0.25, 0.3) is 0 Å². The summed E-state index contributed by atoms with van der Waals surface area (Å²) in [6.45, 7) is 3.11. The highest BCUT2D eigenvalue weighted by Crippen LogP contribution is 1.97. The van der Waals surface area contributed by atoms with Crippen LogP contribution in [0.2, 0.25) is 0 Å². The van der Waals surface area contributed by atoms with Crippen LogP contribution in [0.5, 0.6) is 0 Å². The monoisotopic (exact) mass is 191 g/mol. The number of amides is 1. The molecule has 0 bridgehead atoms. The molecule has 0 heterocycles. The summed E-state index contributed by atoms with van der Waals surface area (Å²) in [6, 6.07) is -0.833. The lowest BCUT2D eigenvalue weighted by Gasteiger charge is -2.12. The zero-order chi connectivity index (χ0) is 9.72.